The van der Waals surface area contributed by atoms with Crippen LogP contribution in [0.5, 0.6) is 0 Å². The maximum atomic E-state index is 5.20. The summed E-state index contributed by atoms with van der Waals surface area (Å²) in [5.74, 6) is 1.62. The highest BCUT2D eigenvalue weighted by molar-refractivity contribution is 5.66. The minimum Gasteiger partial charge on any atom is -0.380 e. The standard InChI is InChI=1S/C14H18N4O/c1-10-13(15-2)16-9-17-14(10)18-12-7-5-4-6-11(12)8-19-3/h4-7,9H,8H2,1-3H3,(H2,15,16,17,18). The molecule has 5 nitrogen and oxygen atoms in total. The minimum absolute atomic E-state index is 0.562. The predicted molar refractivity (Wildman–Crippen MR) is 76.8 cm³/mol. The Balaban J connectivity index is 2.31. The fourth-order valence-corrected chi connectivity index (χ4v) is 1.88. The van der Waals surface area contributed by atoms with Gasteiger partial charge in [-0.1, -0.05) is 18.2 Å². The highest BCUT2D eigenvalue weighted by Gasteiger charge is 2.08. The number of rotatable bonds is 5. The number of hydrogen-bond acceptors (Lipinski definition) is 5. The molecule has 2 rings (SSSR count). The van der Waals surface area contributed by atoms with Crippen LogP contribution in [0.2, 0.25) is 0 Å². The maximum Gasteiger partial charge on any atom is 0.138 e. The molecular weight excluding hydrogens is 240 g/mol. The Labute approximate surface area is 113 Å². The molecule has 1 aromatic carbocycles. The lowest BCUT2D eigenvalue weighted by molar-refractivity contribution is 0.185. The Morgan fingerprint density at radius 2 is 1.89 bits per heavy atom. The van der Waals surface area contributed by atoms with E-state index in [0.717, 1.165) is 28.5 Å². The summed E-state index contributed by atoms with van der Waals surface area (Å²) in [4.78, 5) is 8.45. The van der Waals surface area contributed by atoms with Gasteiger partial charge in [-0.05, 0) is 13.0 Å². The number of nitrogens with one attached hydrogen (secondary N) is 2. The molecule has 0 radical (unpaired) electrons. The second-order valence-corrected chi connectivity index (χ2v) is 4.16. The molecule has 0 saturated carbocycles. The summed E-state index contributed by atoms with van der Waals surface area (Å²) in [5, 5.41) is 6.37. The molecule has 0 spiro atoms. The number of benzene rings is 1. The van der Waals surface area contributed by atoms with Crippen LogP contribution in [-0.4, -0.2) is 24.1 Å². The molecule has 1 aromatic heterocycles. The quantitative estimate of drug-likeness (QED) is 0.863. The Bertz CT molecular complexity index is 557. The number of ether oxygens (including phenoxy) is 1. The molecule has 0 bridgehead atoms. The zero-order valence-electron chi connectivity index (χ0n) is 11.4. The van der Waals surface area contributed by atoms with Gasteiger partial charge in [0, 0.05) is 31.0 Å². The Morgan fingerprint density at radius 3 is 2.63 bits per heavy atom. The first-order valence-corrected chi connectivity index (χ1v) is 6.09. The van der Waals surface area contributed by atoms with Crippen LogP contribution in [0.4, 0.5) is 17.3 Å². The number of hydrogen-bond donors (Lipinski definition) is 2. The van der Waals surface area contributed by atoms with E-state index in [9.17, 15) is 0 Å². The molecule has 2 N–H and O–H groups in total. The summed E-state index contributed by atoms with van der Waals surface area (Å²) >= 11 is 0. The van der Waals surface area contributed by atoms with Crippen LogP contribution in [0.25, 0.3) is 0 Å². The smallest absolute Gasteiger partial charge is 0.138 e. The molecule has 0 fully saturated rings. The van der Waals surface area contributed by atoms with E-state index in [0.29, 0.717) is 6.61 Å². The van der Waals surface area contributed by atoms with Gasteiger partial charge >= 0.3 is 0 Å². The van der Waals surface area contributed by atoms with Gasteiger partial charge in [-0.2, -0.15) is 0 Å². The number of methoxy groups -OCH3 is 1. The molecule has 5 heteroatoms. The van der Waals surface area contributed by atoms with E-state index in [1.54, 1.807) is 13.4 Å². The summed E-state index contributed by atoms with van der Waals surface area (Å²) in [7, 11) is 3.53. The second-order valence-electron chi connectivity index (χ2n) is 4.16. The molecule has 2 aromatic rings. The molecule has 0 amide bonds. The zero-order valence-corrected chi connectivity index (χ0v) is 11.4. The first-order chi connectivity index (χ1) is 9.26. The number of aromatic nitrogens is 2. The molecule has 0 atom stereocenters. The topological polar surface area (TPSA) is 59.1 Å². The van der Waals surface area contributed by atoms with Gasteiger partial charge < -0.3 is 15.4 Å². The third-order valence-corrected chi connectivity index (χ3v) is 2.89. The molecular formula is C14H18N4O. The molecule has 0 aliphatic carbocycles. The first kappa shape index (κ1) is 13.3. The summed E-state index contributed by atoms with van der Waals surface area (Å²) in [6.45, 7) is 2.54. The molecule has 0 aliphatic heterocycles. The lowest BCUT2D eigenvalue weighted by Gasteiger charge is -2.13. The normalized spacial score (nSPS) is 10.3. The van der Waals surface area contributed by atoms with Crippen molar-refractivity contribution < 1.29 is 4.74 Å². The summed E-state index contributed by atoms with van der Waals surface area (Å²) in [5.41, 5.74) is 3.07. The third-order valence-electron chi connectivity index (χ3n) is 2.89. The summed E-state index contributed by atoms with van der Waals surface area (Å²) < 4.78 is 5.20. The van der Waals surface area contributed by atoms with Gasteiger partial charge in [-0.25, -0.2) is 9.97 Å². The molecule has 0 saturated heterocycles. The van der Waals surface area contributed by atoms with E-state index in [2.05, 4.69) is 20.6 Å². The van der Waals surface area contributed by atoms with Crippen LogP contribution >= 0.6 is 0 Å². The van der Waals surface area contributed by atoms with Gasteiger partial charge in [0.1, 0.15) is 18.0 Å². The third kappa shape index (κ3) is 3.00. The largest absolute Gasteiger partial charge is 0.380 e. The van der Waals surface area contributed by atoms with Crippen LogP contribution in [0.1, 0.15) is 11.1 Å². The van der Waals surface area contributed by atoms with Crippen LogP contribution in [0.15, 0.2) is 30.6 Å². The highest BCUT2D eigenvalue weighted by Crippen LogP contribution is 2.24. The number of nitrogens with zero attached hydrogens (tertiary/aromatic N) is 2. The van der Waals surface area contributed by atoms with Crippen LogP contribution in [-0.2, 0) is 11.3 Å². The van der Waals surface area contributed by atoms with Gasteiger partial charge in [0.2, 0.25) is 0 Å². The molecule has 100 valence electrons. The lowest BCUT2D eigenvalue weighted by atomic mass is 10.2. The SMILES string of the molecule is CNc1ncnc(Nc2ccccc2COC)c1C. The van der Waals surface area contributed by atoms with E-state index >= 15 is 0 Å². The number of anilines is 3. The van der Waals surface area contributed by atoms with Crippen molar-refractivity contribution in [2.75, 3.05) is 24.8 Å². The second kappa shape index (κ2) is 6.15. The van der Waals surface area contributed by atoms with Crippen molar-refractivity contribution >= 4 is 17.3 Å². The average molecular weight is 258 g/mol. The van der Waals surface area contributed by atoms with Gasteiger partial charge in [-0.15, -0.1) is 0 Å². The Kier molecular flexibility index (Phi) is 4.30. The van der Waals surface area contributed by atoms with Crippen molar-refractivity contribution in [3.05, 3.63) is 41.7 Å². The van der Waals surface area contributed by atoms with Crippen molar-refractivity contribution in [2.45, 2.75) is 13.5 Å². The van der Waals surface area contributed by atoms with Gasteiger partial charge in [0.05, 0.1) is 6.61 Å². The van der Waals surface area contributed by atoms with Crippen molar-refractivity contribution in [2.24, 2.45) is 0 Å². The Hall–Kier alpha value is -2.14. The van der Waals surface area contributed by atoms with E-state index in [-0.39, 0.29) is 0 Å². The minimum atomic E-state index is 0.562. The molecule has 19 heavy (non-hydrogen) atoms. The first-order valence-electron chi connectivity index (χ1n) is 6.09. The van der Waals surface area contributed by atoms with Crippen molar-refractivity contribution in [1.82, 2.24) is 9.97 Å². The van der Waals surface area contributed by atoms with Crippen molar-refractivity contribution in [3.63, 3.8) is 0 Å². The van der Waals surface area contributed by atoms with Crippen LogP contribution in [0.3, 0.4) is 0 Å². The van der Waals surface area contributed by atoms with E-state index in [1.807, 2.05) is 38.2 Å². The van der Waals surface area contributed by atoms with E-state index < -0.39 is 0 Å². The lowest BCUT2D eigenvalue weighted by Crippen LogP contribution is -2.04. The number of para-hydroxylation sites is 1. The fraction of sp³-hybridized carbons (Fsp3) is 0.286. The Morgan fingerprint density at radius 1 is 1.16 bits per heavy atom. The summed E-state index contributed by atoms with van der Waals surface area (Å²) in [6.07, 6.45) is 1.54. The maximum absolute atomic E-state index is 5.20. The van der Waals surface area contributed by atoms with Crippen molar-refractivity contribution in [1.29, 1.82) is 0 Å². The average Bonchev–Trinajstić information content (AvgIpc) is 2.43. The van der Waals surface area contributed by atoms with Gasteiger partial charge in [-0.3, -0.25) is 0 Å². The highest BCUT2D eigenvalue weighted by atomic mass is 16.5. The zero-order chi connectivity index (χ0) is 13.7. The van der Waals surface area contributed by atoms with Crippen LogP contribution in [0, 0.1) is 6.92 Å². The fourth-order valence-electron chi connectivity index (χ4n) is 1.88. The van der Waals surface area contributed by atoms with Crippen LogP contribution < -0.4 is 10.6 Å². The predicted octanol–water partition coefficient (Wildman–Crippen LogP) is 2.72. The summed E-state index contributed by atoms with van der Waals surface area (Å²) in [6, 6.07) is 8.01. The van der Waals surface area contributed by atoms with E-state index in [4.69, 9.17) is 4.74 Å². The molecule has 1 heterocycles. The van der Waals surface area contributed by atoms with Gasteiger partial charge in [0.25, 0.3) is 0 Å². The monoisotopic (exact) mass is 258 g/mol. The molecule has 0 aliphatic rings. The molecule has 0 unspecified atom stereocenters. The van der Waals surface area contributed by atoms with Crippen molar-refractivity contribution in [3.8, 4) is 0 Å². The van der Waals surface area contributed by atoms with E-state index in [1.165, 1.54) is 0 Å². The van der Waals surface area contributed by atoms with Gasteiger partial charge in [0.15, 0.2) is 0 Å².